The highest BCUT2D eigenvalue weighted by atomic mass is 15.1. The van der Waals surface area contributed by atoms with Gasteiger partial charge in [0.2, 0.25) is 0 Å². The predicted molar refractivity (Wildman–Crippen MR) is 82.2 cm³/mol. The first-order chi connectivity index (χ1) is 9.29. The summed E-state index contributed by atoms with van der Waals surface area (Å²) in [5, 5.41) is 3.69. The van der Waals surface area contributed by atoms with E-state index in [1.165, 1.54) is 44.2 Å². The Hall–Kier alpha value is -0.860. The number of rotatable bonds is 6. The molecule has 0 radical (unpaired) electrons. The molecule has 0 amide bonds. The fourth-order valence-electron chi connectivity index (χ4n) is 3.10. The average Bonchev–Trinajstić information content (AvgIpc) is 2.46. The lowest BCUT2D eigenvalue weighted by Crippen LogP contribution is -2.42. The van der Waals surface area contributed by atoms with Crippen LogP contribution in [0.25, 0.3) is 0 Å². The van der Waals surface area contributed by atoms with Crippen LogP contribution >= 0.6 is 0 Å². The van der Waals surface area contributed by atoms with Crippen LogP contribution in [-0.2, 0) is 6.54 Å². The van der Waals surface area contributed by atoms with Crippen LogP contribution in [0.3, 0.4) is 0 Å². The molecule has 1 saturated carbocycles. The SMILES string of the molecule is CCCNC1CCCC(N(C)Cc2ccccc2)C1. The van der Waals surface area contributed by atoms with Crippen LogP contribution in [0.5, 0.6) is 0 Å². The summed E-state index contributed by atoms with van der Waals surface area (Å²) in [6, 6.07) is 12.3. The van der Waals surface area contributed by atoms with Crippen LogP contribution in [0.1, 0.15) is 44.6 Å². The zero-order valence-corrected chi connectivity index (χ0v) is 12.4. The standard InChI is InChI=1S/C17H28N2/c1-3-12-18-16-10-7-11-17(13-16)19(2)14-15-8-5-4-6-9-15/h4-6,8-9,16-18H,3,7,10-14H2,1-2H3. The molecular weight excluding hydrogens is 232 g/mol. The minimum atomic E-state index is 0.733. The largest absolute Gasteiger partial charge is 0.314 e. The molecule has 1 aromatic rings. The van der Waals surface area contributed by atoms with Crippen LogP contribution in [0.4, 0.5) is 0 Å². The van der Waals surface area contributed by atoms with Crippen molar-refractivity contribution in [2.75, 3.05) is 13.6 Å². The summed E-state index contributed by atoms with van der Waals surface area (Å²) in [6.45, 7) is 4.49. The molecule has 0 heterocycles. The number of nitrogens with one attached hydrogen (secondary N) is 1. The monoisotopic (exact) mass is 260 g/mol. The number of benzene rings is 1. The average molecular weight is 260 g/mol. The Bertz CT molecular complexity index is 350. The van der Waals surface area contributed by atoms with Gasteiger partial charge in [0.1, 0.15) is 0 Å². The third-order valence-corrected chi connectivity index (χ3v) is 4.23. The van der Waals surface area contributed by atoms with Crippen molar-refractivity contribution in [3.05, 3.63) is 35.9 Å². The molecule has 19 heavy (non-hydrogen) atoms. The Morgan fingerprint density at radius 1 is 1.21 bits per heavy atom. The molecule has 0 bridgehead atoms. The zero-order chi connectivity index (χ0) is 13.5. The molecule has 0 saturated heterocycles. The molecule has 2 atom stereocenters. The quantitative estimate of drug-likeness (QED) is 0.843. The van der Waals surface area contributed by atoms with E-state index in [0.717, 1.165) is 18.6 Å². The number of hydrogen-bond acceptors (Lipinski definition) is 2. The van der Waals surface area contributed by atoms with Crippen molar-refractivity contribution < 1.29 is 0 Å². The summed E-state index contributed by atoms with van der Waals surface area (Å²) in [6.07, 6.45) is 6.62. The van der Waals surface area contributed by atoms with Crippen molar-refractivity contribution in [1.82, 2.24) is 10.2 Å². The van der Waals surface area contributed by atoms with Crippen molar-refractivity contribution in [3.63, 3.8) is 0 Å². The molecular formula is C17H28N2. The van der Waals surface area contributed by atoms with E-state index < -0.39 is 0 Å². The third-order valence-electron chi connectivity index (χ3n) is 4.23. The van der Waals surface area contributed by atoms with Crippen LogP contribution < -0.4 is 5.32 Å². The van der Waals surface area contributed by atoms with E-state index in [-0.39, 0.29) is 0 Å². The van der Waals surface area contributed by atoms with Crippen LogP contribution in [-0.4, -0.2) is 30.6 Å². The predicted octanol–water partition coefficient (Wildman–Crippen LogP) is 3.43. The summed E-state index contributed by atoms with van der Waals surface area (Å²) in [7, 11) is 2.28. The van der Waals surface area contributed by atoms with E-state index in [0.29, 0.717) is 0 Å². The van der Waals surface area contributed by atoms with Gasteiger partial charge in [0.25, 0.3) is 0 Å². The van der Waals surface area contributed by atoms with Gasteiger partial charge in [0.05, 0.1) is 0 Å². The van der Waals surface area contributed by atoms with Crippen molar-refractivity contribution in [2.24, 2.45) is 0 Å². The zero-order valence-electron chi connectivity index (χ0n) is 12.4. The van der Waals surface area contributed by atoms with Crippen molar-refractivity contribution >= 4 is 0 Å². The molecule has 1 aliphatic rings. The van der Waals surface area contributed by atoms with Gasteiger partial charge in [0.15, 0.2) is 0 Å². The summed E-state index contributed by atoms with van der Waals surface area (Å²) < 4.78 is 0. The van der Waals surface area contributed by atoms with Crippen molar-refractivity contribution in [2.45, 2.75) is 57.7 Å². The molecule has 1 aromatic carbocycles. The molecule has 1 aliphatic carbocycles. The molecule has 0 aromatic heterocycles. The van der Waals surface area contributed by atoms with Crippen LogP contribution in [0, 0.1) is 0 Å². The highest BCUT2D eigenvalue weighted by Gasteiger charge is 2.24. The molecule has 2 heteroatoms. The van der Waals surface area contributed by atoms with Gasteiger partial charge in [-0.25, -0.2) is 0 Å². The van der Waals surface area contributed by atoms with Gasteiger partial charge in [-0.1, -0.05) is 43.7 Å². The Kier molecular flexibility index (Phi) is 5.87. The summed E-state index contributed by atoms with van der Waals surface area (Å²) in [5.74, 6) is 0. The van der Waals surface area contributed by atoms with Crippen molar-refractivity contribution in [3.8, 4) is 0 Å². The fourth-order valence-corrected chi connectivity index (χ4v) is 3.10. The fraction of sp³-hybridized carbons (Fsp3) is 0.647. The highest BCUT2D eigenvalue weighted by Crippen LogP contribution is 2.23. The van der Waals surface area contributed by atoms with Gasteiger partial charge in [0, 0.05) is 18.6 Å². The molecule has 106 valence electrons. The minimum Gasteiger partial charge on any atom is -0.314 e. The van der Waals surface area contributed by atoms with Gasteiger partial charge in [-0.05, 0) is 44.8 Å². The van der Waals surface area contributed by atoms with E-state index in [2.05, 4.69) is 54.5 Å². The van der Waals surface area contributed by atoms with E-state index in [9.17, 15) is 0 Å². The van der Waals surface area contributed by atoms with Gasteiger partial charge in [-0.15, -0.1) is 0 Å². The lowest BCUT2D eigenvalue weighted by molar-refractivity contribution is 0.163. The van der Waals surface area contributed by atoms with E-state index in [4.69, 9.17) is 0 Å². The normalized spacial score (nSPS) is 23.7. The Labute approximate surface area is 118 Å². The Morgan fingerprint density at radius 3 is 2.74 bits per heavy atom. The van der Waals surface area contributed by atoms with E-state index in [1.54, 1.807) is 0 Å². The molecule has 0 spiro atoms. The Morgan fingerprint density at radius 2 is 2.00 bits per heavy atom. The van der Waals surface area contributed by atoms with Crippen LogP contribution in [0.15, 0.2) is 30.3 Å². The first-order valence-corrected chi connectivity index (χ1v) is 7.77. The minimum absolute atomic E-state index is 0.733. The van der Waals surface area contributed by atoms with Crippen LogP contribution in [0.2, 0.25) is 0 Å². The third kappa shape index (κ3) is 4.63. The molecule has 0 aliphatic heterocycles. The number of nitrogens with zero attached hydrogens (tertiary/aromatic N) is 1. The van der Waals surface area contributed by atoms with Gasteiger partial charge >= 0.3 is 0 Å². The summed E-state index contributed by atoms with van der Waals surface area (Å²) in [4.78, 5) is 2.54. The van der Waals surface area contributed by atoms with E-state index >= 15 is 0 Å². The highest BCUT2D eigenvalue weighted by molar-refractivity contribution is 5.14. The smallest absolute Gasteiger partial charge is 0.0233 e. The maximum Gasteiger partial charge on any atom is 0.0233 e. The Balaban J connectivity index is 1.83. The van der Waals surface area contributed by atoms with Gasteiger partial charge < -0.3 is 5.32 Å². The molecule has 2 unspecified atom stereocenters. The maximum absolute atomic E-state index is 3.69. The summed E-state index contributed by atoms with van der Waals surface area (Å²) in [5.41, 5.74) is 1.42. The second-order valence-electron chi connectivity index (χ2n) is 5.87. The first kappa shape index (κ1) is 14.5. The maximum atomic E-state index is 3.69. The molecule has 2 nitrogen and oxygen atoms in total. The topological polar surface area (TPSA) is 15.3 Å². The first-order valence-electron chi connectivity index (χ1n) is 7.77. The second kappa shape index (κ2) is 7.66. The summed E-state index contributed by atoms with van der Waals surface area (Å²) >= 11 is 0. The van der Waals surface area contributed by atoms with E-state index in [1.807, 2.05) is 0 Å². The molecule has 1 fully saturated rings. The second-order valence-corrected chi connectivity index (χ2v) is 5.87. The van der Waals surface area contributed by atoms with Gasteiger partial charge in [-0.2, -0.15) is 0 Å². The molecule has 2 rings (SSSR count). The molecule has 1 N–H and O–H groups in total. The lowest BCUT2D eigenvalue weighted by atomic mass is 9.90. The number of hydrogen-bond donors (Lipinski definition) is 1. The van der Waals surface area contributed by atoms with Crippen molar-refractivity contribution in [1.29, 1.82) is 0 Å². The lowest BCUT2D eigenvalue weighted by Gasteiger charge is -2.36. The van der Waals surface area contributed by atoms with Gasteiger partial charge in [-0.3, -0.25) is 4.90 Å².